The fourth-order valence-electron chi connectivity index (χ4n) is 4.16. The van der Waals surface area contributed by atoms with E-state index in [1.54, 1.807) is 26.6 Å². The lowest BCUT2D eigenvalue weighted by atomic mass is 10.0. The second-order valence-corrected chi connectivity index (χ2v) is 8.17. The van der Waals surface area contributed by atoms with E-state index in [4.69, 9.17) is 14.5 Å². The van der Waals surface area contributed by atoms with Crippen LogP contribution in [0.3, 0.4) is 0 Å². The number of ketones is 1. The molecule has 0 saturated carbocycles. The van der Waals surface area contributed by atoms with Gasteiger partial charge in [-0.05, 0) is 41.1 Å². The topological polar surface area (TPSA) is 86.5 Å². The van der Waals surface area contributed by atoms with Crippen molar-refractivity contribution in [1.82, 2.24) is 14.5 Å². The summed E-state index contributed by atoms with van der Waals surface area (Å²) in [7, 11) is 3.31. The summed E-state index contributed by atoms with van der Waals surface area (Å²) in [6.45, 7) is 1.19. The number of pyridine rings is 1. The van der Waals surface area contributed by atoms with Crippen molar-refractivity contribution in [2.45, 2.75) is 6.10 Å². The van der Waals surface area contributed by atoms with Crippen molar-refractivity contribution in [2.24, 2.45) is 7.05 Å². The number of hydrogen-bond donors (Lipinski definition) is 0. The lowest BCUT2D eigenvalue weighted by Crippen LogP contribution is -2.48. The van der Waals surface area contributed by atoms with Gasteiger partial charge < -0.3 is 14.4 Å². The zero-order valence-corrected chi connectivity index (χ0v) is 19.0. The first-order chi connectivity index (χ1) is 16.5. The molecule has 0 radical (unpaired) electrons. The van der Waals surface area contributed by atoms with E-state index in [1.807, 2.05) is 53.4 Å². The summed E-state index contributed by atoms with van der Waals surface area (Å²) in [4.78, 5) is 36.7. The molecular formula is C26H24N4O4. The van der Waals surface area contributed by atoms with Crippen LogP contribution in [-0.2, 0) is 11.8 Å². The van der Waals surface area contributed by atoms with Gasteiger partial charge in [-0.15, -0.1) is 0 Å². The Balaban J connectivity index is 1.42. The third kappa shape index (κ3) is 4.15. The van der Waals surface area contributed by atoms with Gasteiger partial charge in [0.05, 0.1) is 26.0 Å². The molecular weight excluding hydrogens is 432 g/mol. The Kier molecular flexibility index (Phi) is 5.81. The molecule has 1 fully saturated rings. The van der Waals surface area contributed by atoms with E-state index in [0.717, 1.165) is 22.1 Å². The van der Waals surface area contributed by atoms with Crippen LogP contribution < -0.4 is 15.2 Å². The van der Waals surface area contributed by atoms with Crippen molar-refractivity contribution in [3.8, 4) is 17.0 Å². The van der Waals surface area contributed by atoms with Gasteiger partial charge in [-0.25, -0.2) is 4.98 Å². The number of anilines is 1. The summed E-state index contributed by atoms with van der Waals surface area (Å²) in [6.07, 6.45) is 2.67. The molecule has 8 heteroatoms. The number of morpholine rings is 1. The SMILES string of the molecule is COc1ccc2cc(C(=O)C3CN(c4nc(-c5ccncc5)cc(=O)n4C)CCO3)ccc2c1. The molecule has 172 valence electrons. The first-order valence-electron chi connectivity index (χ1n) is 11.0. The summed E-state index contributed by atoms with van der Waals surface area (Å²) in [5.41, 5.74) is 1.79. The summed E-state index contributed by atoms with van der Waals surface area (Å²) >= 11 is 0. The van der Waals surface area contributed by atoms with Gasteiger partial charge in [0, 0.05) is 43.2 Å². The average molecular weight is 457 g/mol. The minimum atomic E-state index is -0.661. The van der Waals surface area contributed by atoms with Crippen LogP contribution in [-0.4, -0.2) is 53.2 Å². The van der Waals surface area contributed by atoms with Crippen LogP contribution in [0.2, 0.25) is 0 Å². The molecule has 1 unspecified atom stereocenters. The van der Waals surface area contributed by atoms with E-state index < -0.39 is 6.10 Å². The highest BCUT2D eigenvalue weighted by molar-refractivity contribution is 6.03. The summed E-state index contributed by atoms with van der Waals surface area (Å²) in [6, 6.07) is 16.5. The lowest BCUT2D eigenvalue weighted by Gasteiger charge is -2.33. The molecule has 2 aromatic carbocycles. The number of benzene rings is 2. The quantitative estimate of drug-likeness (QED) is 0.427. The molecule has 8 nitrogen and oxygen atoms in total. The number of carbonyl (C=O) groups is 1. The molecule has 1 aliphatic rings. The predicted octanol–water partition coefficient (Wildman–Crippen LogP) is 3.09. The van der Waals surface area contributed by atoms with Crippen molar-refractivity contribution in [3.63, 3.8) is 0 Å². The number of hydrogen-bond acceptors (Lipinski definition) is 7. The molecule has 0 spiro atoms. The predicted molar refractivity (Wildman–Crippen MR) is 129 cm³/mol. The third-order valence-corrected chi connectivity index (χ3v) is 6.06. The Morgan fingerprint density at radius 1 is 1.06 bits per heavy atom. The number of carbonyl (C=O) groups excluding carboxylic acids is 1. The minimum Gasteiger partial charge on any atom is -0.497 e. The van der Waals surface area contributed by atoms with Gasteiger partial charge in [-0.1, -0.05) is 18.2 Å². The molecule has 0 amide bonds. The largest absolute Gasteiger partial charge is 0.497 e. The van der Waals surface area contributed by atoms with Crippen molar-refractivity contribution in [1.29, 1.82) is 0 Å². The molecule has 0 aliphatic carbocycles. The van der Waals surface area contributed by atoms with Gasteiger partial charge in [0.25, 0.3) is 5.56 Å². The second kappa shape index (κ2) is 9.07. The van der Waals surface area contributed by atoms with Crippen LogP contribution in [0.25, 0.3) is 22.0 Å². The highest BCUT2D eigenvalue weighted by atomic mass is 16.5. The smallest absolute Gasteiger partial charge is 0.255 e. The highest BCUT2D eigenvalue weighted by Crippen LogP contribution is 2.24. The molecule has 0 bridgehead atoms. The number of Topliss-reactive ketones (excluding diaryl/α,β-unsaturated/α-hetero) is 1. The maximum absolute atomic E-state index is 13.3. The number of ether oxygens (including phenoxy) is 2. The number of rotatable bonds is 5. The second-order valence-electron chi connectivity index (χ2n) is 8.17. The lowest BCUT2D eigenvalue weighted by molar-refractivity contribution is 0.0337. The molecule has 0 N–H and O–H groups in total. The molecule has 1 aliphatic heterocycles. The van der Waals surface area contributed by atoms with Crippen molar-refractivity contribution < 1.29 is 14.3 Å². The zero-order valence-electron chi connectivity index (χ0n) is 19.0. The van der Waals surface area contributed by atoms with Gasteiger partial charge in [0.15, 0.2) is 5.78 Å². The normalized spacial score (nSPS) is 15.9. The molecule has 34 heavy (non-hydrogen) atoms. The van der Waals surface area contributed by atoms with Crippen LogP contribution >= 0.6 is 0 Å². The summed E-state index contributed by atoms with van der Waals surface area (Å²) in [5, 5.41) is 1.95. The maximum Gasteiger partial charge on any atom is 0.255 e. The van der Waals surface area contributed by atoms with E-state index in [9.17, 15) is 9.59 Å². The van der Waals surface area contributed by atoms with E-state index in [0.29, 0.717) is 36.9 Å². The Labute approximate surface area is 196 Å². The van der Waals surface area contributed by atoms with Crippen LogP contribution in [0, 0.1) is 0 Å². The standard InChI is InChI=1S/C26H24N4O4/c1-29-24(31)15-22(17-7-9-27-10-8-17)28-26(29)30-11-12-34-23(16-30)25(32)20-4-3-19-14-21(33-2)6-5-18(19)13-20/h3-10,13-15,23H,11-12,16H2,1-2H3. The monoisotopic (exact) mass is 456 g/mol. The van der Waals surface area contributed by atoms with Crippen LogP contribution in [0.5, 0.6) is 5.75 Å². The molecule has 5 rings (SSSR count). The molecule has 2 aromatic heterocycles. The third-order valence-electron chi connectivity index (χ3n) is 6.06. The van der Waals surface area contributed by atoms with Crippen LogP contribution in [0.4, 0.5) is 5.95 Å². The van der Waals surface area contributed by atoms with Crippen molar-refractivity contribution in [2.75, 3.05) is 31.7 Å². The average Bonchev–Trinajstić information content (AvgIpc) is 2.89. The Morgan fingerprint density at radius 3 is 2.62 bits per heavy atom. The summed E-state index contributed by atoms with van der Waals surface area (Å²) in [5.74, 6) is 1.17. The van der Waals surface area contributed by atoms with Crippen LogP contribution in [0.1, 0.15) is 10.4 Å². The fraction of sp³-hybridized carbons (Fsp3) is 0.231. The molecule has 3 heterocycles. The van der Waals surface area contributed by atoms with Crippen LogP contribution in [0.15, 0.2) is 71.8 Å². The Morgan fingerprint density at radius 2 is 1.82 bits per heavy atom. The van der Waals surface area contributed by atoms with Gasteiger partial charge in [0.2, 0.25) is 5.95 Å². The number of fused-ring (bicyclic) bond motifs is 1. The molecule has 1 atom stereocenters. The van der Waals surface area contributed by atoms with Crippen molar-refractivity contribution >= 4 is 22.5 Å². The minimum absolute atomic E-state index is 0.0993. The molecule has 1 saturated heterocycles. The Bertz CT molecular complexity index is 1420. The first-order valence-corrected chi connectivity index (χ1v) is 11.0. The fourth-order valence-corrected chi connectivity index (χ4v) is 4.16. The highest BCUT2D eigenvalue weighted by Gasteiger charge is 2.29. The Hall–Kier alpha value is -4.04. The zero-order chi connectivity index (χ0) is 23.7. The maximum atomic E-state index is 13.3. The van der Waals surface area contributed by atoms with Crippen molar-refractivity contribution in [3.05, 3.63) is 82.9 Å². The van der Waals surface area contributed by atoms with E-state index in [1.165, 1.54) is 10.6 Å². The first kappa shape index (κ1) is 21.8. The van der Waals surface area contributed by atoms with Gasteiger partial charge in [-0.2, -0.15) is 0 Å². The van der Waals surface area contributed by atoms with E-state index >= 15 is 0 Å². The van der Waals surface area contributed by atoms with Gasteiger partial charge in [-0.3, -0.25) is 19.1 Å². The number of aromatic nitrogens is 3. The number of methoxy groups -OCH3 is 1. The number of nitrogens with zero attached hydrogens (tertiary/aromatic N) is 4. The summed E-state index contributed by atoms with van der Waals surface area (Å²) < 4.78 is 12.6. The van der Waals surface area contributed by atoms with Gasteiger partial charge in [0.1, 0.15) is 11.9 Å². The van der Waals surface area contributed by atoms with E-state index in [2.05, 4.69) is 4.98 Å². The molecule has 4 aromatic rings. The van der Waals surface area contributed by atoms with E-state index in [-0.39, 0.29) is 11.3 Å². The van der Waals surface area contributed by atoms with Gasteiger partial charge >= 0.3 is 0 Å².